The lowest BCUT2D eigenvalue weighted by molar-refractivity contribution is 0.188. The second-order valence-corrected chi connectivity index (χ2v) is 7.22. The molecule has 0 radical (unpaired) electrons. The molecule has 4 nitrogen and oxygen atoms in total. The average molecular weight is 337 g/mol. The van der Waals surface area contributed by atoms with E-state index in [4.69, 9.17) is 4.99 Å². The van der Waals surface area contributed by atoms with Crippen molar-refractivity contribution in [2.45, 2.75) is 39.5 Å². The molecule has 0 amide bonds. The fourth-order valence-corrected chi connectivity index (χ4v) is 3.76. The molecular weight excluding hydrogens is 304 g/mol. The molecule has 1 aromatic rings. The van der Waals surface area contributed by atoms with Crippen molar-refractivity contribution in [2.75, 3.05) is 39.3 Å². The van der Waals surface area contributed by atoms with Gasteiger partial charge in [0.1, 0.15) is 0 Å². The van der Waals surface area contributed by atoms with Gasteiger partial charge in [0.05, 0.1) is 0 Å². The number of hydrogen-bond acceptors (Lipinski definition) is 3. The van der Waals surface area contributed by atoms with Gasteiger partial charge in [-0.1, -0.05) is 13.0 Å². The van der Waals surface area contributed by atoms with Crippen LogP contribution in [0.25, 0.3) is 0 Å². The first-order chi connectivity index (χ1) is 11.3. The maximum atomic E-state index is 4.75. The summed E-state index contributed by atoms with van der Waals surface area (Å²) in [5.74, 6) is 1.82. The van der Waals surface area contributed by atoms with Crippen molar-refractivity contribution in [1.82, 2.24) is 15.5 Å². The van der Waals surface area contributed by atoms with Gasteiger partial charge in [0.2, 0.25) is 0 Å². The molecule has 0 saturated carbocycles. The monoisotopic (exact) mass is 336 g/mol. The molecule has 1 aliphatic rings. The van der Waals surface area contributed by atoms with Crippen LogP contribution < -0.4 is 10.6 Å². The molecule has 0 bridgehead atoms. The minimum Gasteiger partial charge on any atom is -0.357 e. The Balaban J connectivity index is 1.66. The van der Waals surface area contributed by atoms with Crippen molar-refractivity contribution < 1.29 is 0 Å². The van der Waals surface area contributed by atoms with Gasteiger partial charge in [0.25, 0.3) is 0 Å². The highest BCUT2D eigenvalue weighted by atomic mass is 32.1. The third-order valence-electron chi connectivity index (χ3n) is 4.55. The van der Waals surface area contributed by atoms with Gasteiger partial charge in [-0.15, -0.1) is 11.3 Å². The third kappa shape index (κ3) is 6.92. The first kappa shape index (κ1) is 18.3. The van der Waals surface area contributed by atoms with E-state index in [1.165, 1.54) is 43.8 Å². The highest BCUT2D eigenvalue weighted by Gasteiger charge is 2.17. The summed E-state index contributed by atoms with van der Waals surface area (Å²) >= 11 is 1.82. The Morgan fingerprint density at radius 2 is 2.13 bits per heavy atom. The van der Waals surface area contributed by atoms with Crippen LogP contribution in [0.5, 0.6) is 0 Å². The molecule has 2 rings (SSSR count). The molecule has 1 aromatic heterocycles. The Morgan fingerprint density at radius 3 is 2.78 bits per heavy atom. The molecular formula is C18H32N4S. The highest BCUT2D eigenvalue weighted by molar-refractivity contribution is 7.09. The second-order valence-electron chi connectivity index (χ2n) is 6.18. The van der Waals surface area contributed by atoms with Crippen LogP contribution in [-0.2, 0) is 6.42 Å². The van der Waals surface area contributed by atoms with Crippen molar-refractivity contribution in [1.29, 1.82) is 0 Å². The fourth-order valence-electron chi connectivity index (χ4n) is 3.05. The van der Waals surface area contributed by atoms with E-state index in [0.29, 0.717) is 0 Å². The average Bonchev–Trinajstić information content (AvgIpc) is 3.09. The molecule has 5 heteroatoms. The predicted molar refractivity (Wildman–Crippen MR) is 101 cm³/mol. The number of likely N-dealkylation sites (tertiary alicyclic amines) is 1. The third-order valence-corrected chi connectivity index (χ3v) is 5.49. The lowest BCUT2D eigenvalue weighted by Gasteiger charge is -2.30. The Hall–Kier alpha value is -1.07. The van der Waals surface area contributed by atoms with Crippen LogP contribution in [0.3, 0.4) is 0 Å². The second kappa shape index (κ2) is 10.7. The molecule has 130 valence electrons. The van der Waals surface area contributed by atoms with E-state index in [2.05, 4.69) is 46.9 Å². The SMILES string of the molecule is CCNC(=NCCC1CCN(CC)CC1)NCCc1cccs1. The summed E-state index contributed by atoms with van der Waals surface area (Å²) in [4.78, 5) is 8.73. The number of guanidine groups is 1. The number of rotatable bonds is 8. The van der Waals surface area contributed by atoms with Gasteiger partial charge < -0.3 is 15.5 Å². The minimum atomic E-state index is 0.857. The summed E-state index contributed by atoms with van der Waals surface area (Å²) in [6, 6.07) is 4.31. The van der Waals surface area contributed by atoms with Crippen LogP contribution in [-0.4, -0.2) is 50.1 Å². The zero-order chi connectivity index (χ0) is 16.3. The van der Waals surface area contributed by atoms with Gasteiger partial charge in [-0.05, 0) is 69.6 Å². The van der Waals surface area contributed by atoms with Gasteiger partial charge >= 0.3 is 0 Å². The molecule has 1 saturated heterocycles. The summed E-state index contributed by atoms with van der Waals surface area (Å²) in [6.07, 6.45) is 4.97. The number of nitrogens with zero attached hydrogens (tertiary/aromatic N) is 2. The summed E-state index contributed by atoms with van der Waals surface area (Å²) in [5, 5.41) is 8.94. The summed E-state index contributed by atoms with van der Waals surface area (Å²) in [6.45, 7) is 10.9. The fraction of sp³-hybridized carbons (Fsp3) is 0.722. The molecule has 2 heterocycles. The molecule has 0 aromatic carbocycles. The number of hydrogen-bond donors (Lipinski definition) is 2. The number of aliphatic imine (C=N–C) groups is 1. The van der Waals surface area contributed by atoms with Gasteiger partial charge in [-0.3, -0.25) is 4.99 Å². The van der Waals surface area contributed by atoms with Crippen LogP contribution in [0.4, 0.5) is 0 Å². The van der Waals surface area contributed by atoms with Gasteiger partial charge in [0.15, 0.2) is 5.96 Å². The quantitative estimate of drug-likeness (QED) is 0.566. The lowest BCUT2D eigenvalue weighted by Crippen LogP contribution is -2.38. The van der Waals surface area contributed by atoms with E-state index in [-0.39, 0.29) is 0 Å². The van der Waals surface area contributed by atoms with Crippen molar-refractivity contribution in [3.05, 3.63) is 22.4 Å². The summed E-state index contributed by atoms with van der Waals surface area (Å²) < 4.78 is 0. The van der Waals surface area contributed by atoms with Crippen LogP contribution >= 0.6 is 11.3 Å². The van der Waals surface area contributed by atoms with Crippen LogP contribution in [0, 0.1) is 5.92 Å². The van der Waals surface area contributed by atoms with E-state index in [9.17, 15) is 0 Å². The maximum absolute atomic E-state index is 4.75. The van der Waals surface area contributed by atoms with E-state index in [0.717, 1.165) is 37.9 Å². The predicted octanol–water partition coefficient (Wildman–Crippen LogP) is 2.97. The Kier molecular flexibility index (Phi) is 8.47. The molecule has 1 fully saturated rings. The van der Waals surface area contributed by atoms with Crippen LogP contribution in [0.15, 0.2) is 22.5 Å². The Labute approximate surface area is 145 Å². The summed E-state index contributed by atoms with van der Waals surface area (Å²) in [5.41, 5.74) is 0. The van der Waals surface area contributed by atoms with E-state index >= 15 is 0 Å². The smallest absolute Gasteiger partial charge is 0.191 e. The standard InChI is InChI=1S/C18H32N4S/c1-3-19-18(21-12-8-17-6-5-15-23-17)20-11-7-16-9-13-22(4-2)14-10-16/h5-6,15-16H,3-4,7-14H2,1-2H3,(H2,19,20,21). The first-order valence-electron chi connectivity index (χ1n) is 9.08. The van der Waals surface area contributed by atoms with E-state index in [1.807, 2.05) is 11.3 Å². The molecule has 23 heavy (non-hydrogen) atoms. The van der Waals surface area contributed by atoms with Crippen LogP contribution in [0.2, 0.25) is 0 Å². The zero-order valence-corrected chi connectivity index (χ0v) is 15.5. The van der Waals surface area contributed by atoms with Crippen molar-refractivity contribution in [3.8, 4) is 0 Å². The first-order valence-corrected chi connectivity index (χ1v) is 9.96. The van der Waals surface area contributed by atoms with E-state index < -0.39 is 0 Å². The van der Waals surface area contributed by atoms with Gasteiger partial charge in [-0.25, -0.2) is 0 Å². The number of piperidine rings is 1. The van der Waals surface area contributed by atoms with Gasteiger partial charge in [-0.2, -0.15) is 0 Å². The van der Waals surface area contributed by atoms with Crippen molar-refractivity contribution in [2.24, 2.45) is 10.9 Å². The highest BCUT2D eigenvalue weighted by Crippen LogP contribution is 2.20. The van der Waals surface area contributed by atoms with E-state index in [1.54, 1.807) is 0 Å². The molecule has 0 aliphatic carbocycles. The molecule has 2 N–H and O–H groups in total. The van der Waals surface area contributed by atoms with Crippen molar-refractivity contribution in [3.63, 3.8) is 0 Å². The largest absolute Gasteiger partial charge is 0.357 e. The molecule has 0 unspecified atom stereocenters. The van der Waals surface area contributed by atoms with Crippen molar-refractivity contribution >= 4 is 17.3 Å². The normalized spacial score (nSPS) is 17.4. The Bertz CT molecular complexity index is 436. The number of nitrogens with one attached hydrogen (secondary N) is 2. The molecule has 0 spiro atoms. The topological polar surface area (TPSA) is 39.7 Å². The maximum Gasteiger partial charge on any atom is 0.191 e. The zero-order valence-electron chi connectivity index (χ0n) is 14.7. The van der Waals surface area contributed by atoms with Crippen LogP contribution in [0.1, 0.15) is 38.0 Å². The number of thiophene rings is 1. The van der Waals surface area contributed by atoms with Gasteiger partial charge in [0, 0.05) is 24.5 Å². The molecule has 0 atom stereocenters. The summed E-state index contributed by atoms with van der Waals surface area (Å²) in [7, 11) is 0. The lowest BCUT2D eigenvalue weighted by atomic mass is 9.94. The molecule has 1 aliphatic heterocycles. The Morgan fingerprint density at radius 1 is 1.30 bits per heavy atom. The minimum absolute atomic E-state index is 0.857.